The molecule has 2 atom stereocenters. The fourth-order valence-electron chi connectivity index (χ4n) is 3.07. The maximum atomic E-state index is 6.48. The van der Waals surface area contributed by atoms with Crippen LogP contribution in [0.25, 0.3) is 0 Å². The lowest BCUT2D eigenvalue weighted by molar-refractivity contribution is 0.474. The van der Waals surface area contributed by atoms with Crippen molar-refractivity contribution in [2.45, 2.75) is 31.2 Å². The zero-order valence-corrected chi connectivity index (χ0v) is 10.5. The summed E-state index contributed by atoms with van der Waals surface area (Å²) in [6.45, 7) is 0. The number of hydrogen-bond donors (Lipinski definition) is 1. The lowest BCUT2D eigenvalue weighted by Gasteiger charge is -2.30. The summed E-state index contributed by atoms with van der Waals surface area (Å²) in [5.74, 6) is 0.470. The Labute approximate surface area is 109 Å². The van der Waals surface area contributed by atoms with Gasteiger partial charge in [0, 0.05) is 12.0 Å². The van der Waals surface area contributed by atoms with Crippen molar-refractivity contribution in [3.8, 4) is 0 Å². The number of rotatable bonds is 2. The van der Waals surface area contributed by atoms with E-state index in [2.05, 4.69) is 48.5 Å². The molecule has 2 aromatic rings. The van der Waals surface area contributed by atoms with Crippen LogP contribution in [0, 0.1) is 0 Å². The molecule has 0 aliphatic heterocycles. The molecule has 3 rings (SSSR count). The van der Waals surface area contributed by atoms with Crippen LogP contribution in [0.4, 0.5) is 0 Å². The van der Waals surface area contributed by atoms with E-state index in [0.717, 1.165) is 0 Å². The molecule has 0 unspecified atom stereocenters. The van der Waals surface area contributed by atoms with Crippen LogP contribution < -0.4 is 5.73 Å². The SMILES string of the molecule is N[C@@H](c1ccccc1)[C@H]1CCCc2ccccc21. The Kier molecular flexibility index (Phi) is 3.16. The quantitative estimate of drug-likeness (QED) is 0.844. The Morgan fingerprint density at radius 2 is 1.67 bits per heavy atom. The molecule has 0 heterocycles. The minimum Gasteiger partial charge on any atom is -0.323 e. The molecule has 2 aromatic carbocycles. The van der Waals surface area contributed by atoms with Crippen molar-refractivity contribution >= 4 is 0 Å². The molecule has 0 bridgehead atoms. The van der Waals surface area contributed by atoms with Gasteiger partial charge in [-0.2, -0.15) is 0 Å². The molecule has 1 aliphatic rings. The van der Waals surface area contributed by atoms with Gasteiger partial charge < -0.3 is 5.73 Å². The summed E-state index contributed by atoms with van der Waals surface area (Å²) < 4.78 is 0. The zero-order valence-electron chi connectivity index (χ0n) is 10.5. The highest BCUT2D eigenvalue weighted by atomic mass is 14.7. The highest BCUT2D eigenvalue weighted by molar-refractivity contribution is 5.36. The summed E-state index contributed by atoms with van der Waals surface area (Å²) in [5.41, 5.74) is 10.7. The van der Waals surface area contributed by atoms with Gasteiger partial charge in [-0.1, -0.05) is 54.6 Å². The van der Waals surface area contributed by atoms with Crippen molar-refractivity contribution in [3.63, 3.8) is 0 Å². The van der Waals surface area contributed by atoms with Gasteiger partial charge in [-0.15, -0.1) is 0 Å². The summed E-state index contributed by atoms with van der Waals surface area (Å²) in [6.07, 6.45) is 3.66. The number of hydrogen-bond acceptors (Lipinski definition) is 1. The van der Waals surface area contributed by atoms with Gasteiger partial charge in [-0.05, 0) is 36.0 Å². The standard InChI is InChI=1S/C17H19N/c18-17(14-8-2-1-3-9-14)16-12-6-10-13-7-4-5-11-15(13)16/h1-5,7-9,11,16-17H,6,10,12,18H2/t16-,17-/m0/s1. The molecule has 1 heteroatoms. The number of fused-ring (bicyclic) bond motifs is 1. The average Bonchev–Trinajstić information content (AvgIpc) is 2.47. The smallest absolute Gasteiger partial charge is 0.0364 e. The van der Waals surface area contributed by atoms with E-state index in [1.165, 1.54) is 36.0 Å². The molecule has 0 saturated carbocycles. The predicted octanol–water partition coefficient (Wildman–Crippen LogP) is 3.81. The first-order valence-electron chi connectivity index (χ1n) is 6.74. The molecule has 1 nitrogen and oxygen atoms in total. The highest BCUT2D eigenvalue weighted by Crippen LogP contribution is 2.38. The van der Waals surface area contributed by atoms with Gasteiger partial charge in [-0.25, -0.2) is 0 Å². The molecule has 2 N–H and O–H groups in total. The van der Waals surface area contributed by atoms with Crippen molar-refractivity contribution in [2.75, 3.05) is 0 Å². The Hall–Kier alpha value is -1.60. The van der Waals surface area contributed by atoms with Gasteiger partial charge >= 0.3 is 0 Å². The normalized spacial score (nSPS) is 20.2. The lowest BCUT2D eigenvalue weighted by Crippen LogP contribution is -2.23. The van der Waals surface area contributed by atoms with E-state index in [-0.39, 0.29) is 6.04 Å². The van der Waals surface area contributed by atoms with Gasteiger partial charge in [0.15, 0.2) is 0 Å². The lowest BCUT2D eigenvalue weighted by atomic mass is 9.77. The Morgan fingerprint density at radius 3 is 2.50 bits per heavy atom. The molecule has 0 fully saturated rings. The van der Waals surface area contributed by atoms with E-state index in [0.29, 0.717) is 5.92 Å². The van der Waals surface area contributed by atoms with E-state index >= 15 is 0 Å². The maximum absolute atomic E-state index is 6.48. The summed E-state index contributed by atoms with van der Waals surface area (Å²) in [7, 11) is 0. The molecule has 0 spiro atoms. The van der Waals surface area contributed by atoms with Crippen LogP contribution in [-0.4, -0.2) is 0 Å². The van der Waals surface area contributed by atoms with Crippen molar-refractivity contribution in [1.82, 2.24) is 0 Å². The van der Waals surface area contributed by atoms with Gasteiger partial charge in [0.1, 0.15) is 0 Å². The van der Waals surface area contributed by atoms with Crippen molar-refractivity contribution in [3.05, 3.63) is 71.3 Å². The van der Waals surface area contributed by atoms with Crippen molar-refractivity contribution in [1.29, 1.82) is 0 Å². The molecule has 92 valence electrons. The van der Waals surface area contributed by atoms with Gasteiger partial charge in [-0.3, -0.25) is 0 Å². The summed E-state index contributed by atoms with van der Waals surface area (Å²) in [5, 5.41) is 0. The minimum absolute atomic E-state index is 0.118. The third-order valence-corrected chi connectivity index (χ3v) is 4.03. The molecule has 0 amide bonds. The monoisotopic (exact) mass is 237 g/mol. The Morgan fingerprint density at radius 1 is 0.944 bits per heavy atom. The van der Waals surface area contributed by atoms with Gasteiger partial charge in [0.05, 0.1) is 0 Å². The van der Waals surface area contributed by atoms with Crippen LogP contribution in [0.1, 0.15) is 41.5 Å². The molecule has 0 aromatic heterocycles. The Balaban J connectivity index is 1.94. The largest absolute Gasteiger partial charge is 0.323 e. The third-order valence-electron chi connectivity index (χ3n) is 4.03. The number of benzene rings is 2. The van der Waals surface area contributed by atoms with E-state index in [9.17, 15) is 0 Å². The van der Waals surface area contributed by atoms with Crippen molar-refractivity contribution in [2.24, 2.45) is 5.73 Å². The first-order valence-corrected chi connectivity index (χ1v) is 6.74. The molecule has 18 heavy (non-hydrogen) atoms. The summed E-state index contributed by atoms with van der Waals surface area (Å²) >= 11 is 0. The first-order chi connectivity index (χ1) is 8.86. The van der Waals surface area contributed by atoms with E-state index in [4.69, 9.17) is 5.73 Å². The van der Waals surface area contributed by atoms with Crippen LogP contribution >= 0.6 is 0 Å². The van der Waals surface area contributed by atoms with Gasteiger partial charge in [0.25, 0.3) is 0 Å². The van der Waals surface area contributed by atoms with Crippen LogP contribution in [0.3, 0.4) is 0 Å². The van der Waals surface area contributed by atoms with Crippen molar-refractivity contribution < 1.29 is 0 Å². The fourth-order valence-corrected chi connectivity index (χ4v) is 3.07. The van der Waals surface area contributed by atoms with Crippen LogP contribution in [0.5, 0.6) is 0 Å². The second kappa shape index (κ2) is 4.95. The second-order valence-electron chi connectivity index (χ2n) is 5.13. The first kappa shape index (κ1) is 11.5. The fraction of sp³-hybridized carbons (Fsp3) is 0.294. The number of nitrogens with two attached hydrogens (primary N) is 1. The number of aryl methyl sites for hydroxylation is 1. The summed E-state index contributed by atoms with van der Waals surface area (Å²) in [6, 6.07) is 19.4. The van der Waals surface area contributed by atoms with Gasteiger partial charge in [0.2, 0.25) is 0 Å². The van der Waals surface area contributed by atoms with Crippen LogP contribution in [-0.2, 0) is 6.42 Å². The molecule has 1 aliphatic carbocycles. The molecule has 0 saturated heterocycles. The molecular weight excluding hydrogens is 218 g/mol. The summed E-state index contributed by atoms with van der Waals surface area (Å²) in [4.78, 5) is 0. The van der Waals surface area contributed by atoms with E-state index in [1.54, 1.807) is 0 Å². The van der Waals surface area contributed by atoms with E-state index < -0.39 is 0 Å². The minimum atomic E-state index is 0.118. The van der Waals surface area contributed by atoms with E-state index in [1.807, 2.05) is 6.07 Å². The second-order valence-corrected chi connectivity index (χ2v) is 5.13. The topological polar surface area (TPSA) is 26.0 Å². The highest BCUT2D eigenvalue weighted by Gasteiger charge is 2.25. The molecular formula is C17H19N. The average molecular weight is 237 g/mol. The third kappa shape index (κ3) is 2.06. The van der Waals surface area contributed by atoms with Crippen LogP contribution in [0.2, 0.25) is 0 Å². The predicted molar refractivity (Wildman–Crippen MR) is 75.5 cm³/mol. The zero-order chi connectivity index (χ0) is 12.4. The van der Waals surface area contributed by atoms with Crippen LogP contribution in [0.15, 0.2) is 54.6 Å². The molecule has 0 radical (unpaired) electrons. The Bertz CT molecular complexity index is 518. The maximum Gasteiger partial charge on any atom is 0.0364 e.